The fourth-order valence-corrected chi connectivity index (χ4v) is 4.91. The topological polar surface area (TPSA) is 50.7 Å². The van der Waals surface area contributed by atoms with Gasteiger partial charge in [0.05, 0.1) is 16.6 Å². The molecule has 1 saturated carbocycles. The number of aromatic amines is 1. The molecule has 3 aromatic carbocycles. The Morgan fingerprint density at radius 1 is 0.903 bits per heavy atom. The van der Waals surface area contributed by atoms with Gasteiger partial charge in [-0.05, 0) is 72.9 Å². The first-order valence-electron chi connectivity index (χ1n) is 11.0. The highest BCUT2D eigenvalue weighted by Gasteiger charge is 2.18. The van der Waals surface area contributed by atoms with E-state index in [-0.39, 0.29) is 5.56 Å². The lowest BCUT2D eigenvalue weighted by atomic mass is 9.97. The number of nitrogens with one attached hydrogen (secondary N) is 1. The maximum absolute atomic E-state index is 13.6. The van der Waals surface area contributed by atoms with E-state index in [1.165, 1.54) is 31.2 Å². The summed E-state index contributed by atoms with van der Waals surface area (Å²) in [5.74, 6) is 1.32. The number of nitrogens with zero attached hydrogens (tertiary/aromatic N) is 2. The Hall–Kier alpha value is -3.66. The predicted molar refractivity (Wildman–Crippen MR) is 126 cm³/mol. The molecule has 0 spiro atoms. The number of hydrogen-bond acceptors (Lipinski definition) is 2. The van der Waals surface area contributed by atoms with Gasteiger partial charge in [0.25, 0.3) is 5.56 Å². The fourth-order valence-electron chi connectivity index (χ4n) is 4.91. The monoisotopic (exact) mass is 405 g/mol. The standard InChI is InChI=1S/C27H23N3O/c31-27-23-7-3-4-8-25(23)29-26(21-11-14-24-20(17-21)15-16-28-24)30(27)22-12-9-19(10-13-22)18-5-1-2-6-18/h3-4,7-18,28H,1-2,5-6H2. The van der Waals surface area contributed by atoms with E-state index in [0.29, 0.717) is 17.1 Å². The van der Waals surface area contributed by atoms with Crippen molar-refractivity contribution in [1.82, 2.24) is 14.5 Å². The highest BCUT2D eigenvalue weighted by atomic mass is 16.1. The minimum Gasteiger partial charge on any atom is -0.361 e. The lowest BCUT2D eigenvalue weighted by Gasteiger charge is -2.16. The number of aromatic nitrogens is 3. The molecular weight excluding hydrogens is 382 g/mol. The Kier molecular flexibility index (Phi) is 4.23. The SMILES string of the molecule is O=c1c2ccccc2nc(-c2ccc3[nH]ccc3c2)n1-c1ccc(C2CCCC2)cc1. The van der Waals surface area contributed by atoms with Gasteiger partial charge in [-0.25, -0.2) is 4.98 Å². The van der Waals surface area contributed by atoms with E-state index in [9.17, 15) is 4.79 Å². The van der Waals surface area contributed by atoms with E-state index >= 15 is 0 Å². The number of hydrogen-bond donors (Lipinski definition) is 1. The lowest BCUT2D eigenvalue weighted by molar-refractivity contribution is 0.723. The molecule has 1 aliphatic carbocycles. The molecule has 152 valence electrons. The van der Waals surface area contributed by atoms with Gasteiger partial charge in [0.1, 0.15) is 5.82 Å². The summed E-state index contributed by atoms with van der Waals surface area (Å²) in [5, 5.41) is 1.73. The third-order valence-electron chi connectivity index (χ3n) is 6.57. The van der Waals surface area contributed by atoms with Gasteiger partial charge < -0.3 is 4.98 Å². The van der Waals surface area contributed by atoms with Crippen LogP contribution in [0, 0.1) is 0 Å². The Morgan fingerprint density at radius 3 is 2.55 bits per heavy atom. The fraction of sp³-hybridized carbons (Fsp3) is 0.185. The summed E-state index contributed by atoms with van der Waals surface area (Å²) >= 11 is 0. The summed E-state index contributed by atoms with van der Waals surface area (Å²) < 4.78 is 1.76. The molecule has 6 rings (SSSR count). The minimum atomic E-state index is -0.0385. The molecule has 2 heterocycles. The summed E-state index contributed by atoms with van der Waals surface area (Å²) in [6, 6.07) is 24.3. The van der Waals surface area contributed by atoms with Crippen molar-refractivity contribution < 1.29 is 0 Å². The van der Waals surface area contributed by atoms with Crippen molar-refractivity contribution in [3.63, 3.8) is 0 Å². The molecule has 0 bridgehead atoms. The number of H-pyrrole nitrogens is 1. The van der Waals surface area contributed by atoms with Crippen molar-refractivity contribution in [2.75, 3.05) is 0 Å². The van der Waals surface area contributed by atoms with Crippen LogP contribution >= 0.6 is 0 Å². The second kappa shape index (κ2) is 7.24. The first kappa shape index (κ1) is 18.1. The summed E-state index contributed by atoms with van der Waals surface area (Å²) in [7, 11) is 0. The van der Waals surface area contributed by atoms with E-state index in [4.69, 9.17) is 4.98 Å². The van der Waals surface area contributed by atoms with Crippen LogP contribution in [0.2, 0.25) is 0 Å². The predicted octanol–water partition coefficient (Wildman–Crippen LogP) is 6.19. The van der Waals surface area contributed by atoms with Gasteiger partial charge in [-0.2, -0.15) is 0 Å². The van der Waals surface area contributed by atoms with Crippen LogP contribution in [0.15, 0.2) is 83.8 Å². The van der Waals surface area contributed by atoms with Gasteiger partial charge in [-0.3, -0.25) is 9.36 Å². The van der Waals surface area contributed by atoms with Gasteiger partial charge in [-0.1, -0.05) is 37.1 Å². The quantitative estimate of drug-likeness (QED) is 0.389. The maximum atomic E-state index is 13.6. The molecule has 1 fully saturated rings. The summed E-state index contributed by atoms with van der Waals surface area (Å²) in [5.41, 5.74) is 4.90. The van der Waals surface area contributed by atoms with Crippen LogP contribution < -0.4 is 5.56 Å². The Morgan fingerprint density at radius 2 is 1.71 bits per heavy atom. The molecule has 1 N–H and O–H groups in total. The molecule has 4 heteroatoms. The number of rotatable bonds is 3. The highest BCUT2D eigenvalue weighted by Crippen LogP contribution is 2.34. The number of benzene rings is 3. The van der Waals surface area contributed by atoms with Crippen LogP contribution in [-0.2, 0) is 0 Å². The number of para-hydroxylation sites is 1. The molecule has 0 unspecified atom stereocenters. The maximum Gasteiger partial charge on any atom is 0.266 e. The Bertz CT molecular complexity index is 1450. The van der Waals surface area contributed by atoms with Crippen LogP contribution in [0.25, 0.3) is 38.9 Å². The molecule has 0 amide bonds. The zero-order valence-electron chi connectivity index (χ0n) is 17.2. The van der Waals surface area contributed by atoms with Gasteiger partial charge in [0.2, 0.25) is 0 Å². The van der Waals surface area contributed by atoms with Crippen molar-refractivity contribution in [3.8, 4) is 17.1 Å². The first-order valence-corrected chi connectivity index (χ1v) is 11.0. The average Bonchev–Trinajstić information content (AvgIpc) is 3.51. The zero-order valence-corrected chi connectivity index (χ0v) is 17.2. The summed E-state index contributed by atoms with van der Waals surface area (Å²) in [6.45, 7) is 0. The minimum absolute atomic E-state index is 0.0385. The highest BCUT2D eigenvalue weighted by molar-refractivity contribution is 5.86. The van der Waals surface area contributed by atoms with Crippen LogP contribution in [0.3, 0.4) is 0 Å². The van der Waals surface area contributed by atoms with Crippen molar-refractivity contribution in [3.05, 3.63) is 94.9 Å². The lowest BCUT2D eigenvalue weighted by Crippen LogP contribution is -2.22. The van der Waals surface area contributed by atoms with Gasteiger partial charge in [0, 0.05) is 22.7 Å². The van der Waals surface area contributed by atoms with E-state index < -0.39 is 0 Å². The molecule has 0 radical (unpaired) electrons. The van der Waals surface area contributed by atoms with Crippen LogP contribution in [0.4, 0.5) is 0 Å². The van der Waals surface area contributed by atoms with Crippen molar-refractivity contribution in [2.24, 2.45) is 0 Å². The number of fused-ring (bicyclic) bond motifs is 2. The zero-order chi connectivity index (χ0) is 20.8. The van der Waals surface area contributed by atoms with Gasteiger partial charge >= 0.3 is 0 Å². The van der Waals surface area contributed by atoms with Gasteiger partial charge in [-0.15, -0.1) is 0 Å². The van der Waals surface area contributed by atoms with Gasteiger partial charge in [0.15, 0.2) is 0 Å². The van der Waals surface area contributed by atoms with E-state index in [0.717, 1.165) is 27.7 Å². The summed E-state index contributed by atoms with van der Waals surface area (Å²) in [4.78, 5) is 21.8. The molecule has 0 aliphatic heterocycles. The Balaban J connectivity index is 1.57. The largest absolute Gasteiger partial charge is 0.361 e. The molecule has 5 aromatic rings. The molecule has 0 saturated heterocycles. The van der Waals surface area contributed by atoms with Crippen molar-refractivity contribution in [2.45, 2.75) is 31.6 Å². The van der Waals surface area contributed by atoms with E-state index in [2.05, 4.69) is 35.3 Å². The molecule has 31 heavy (non-hydrogen) atoms. The molecule has 0 atom stereocenters. The third-order valence-corrected chi connectivity index (χ3v) is 6.57. The smallest absolute Gasteiger partial charge is 0.266 e. The van der Waals surface area contributed by atoms with Crippen molar-refractivity contribution >= 4 is 21.8 Å². The van der Waals surface area contributed by atoms with E-state index in [1.807, 2.05) is 48.7 Å². The Labute approximate surface area is 180 Å². The first-order chi connectivity index (χ1) is 15.3. The molecule has 1 aliphatic rings. The van der Waals surface area contributed by atoms with Crippen LogP contribution in [0.1, 0.15) is 37.2 Å². The third kappa shape index (κ3) is 3.07. The van der Waals surface area contributed by atoms with Crippen molar-refractivity contribution in [1.29, 1.82) is 0 Å². The normalized spacial score (nSPS) is 14.6. The molecular formula is C27H23N3O. The second-order valence-electron chi connectivity index (χ2n) is 8.45. The second-order valence-corrected chi connectivity index (χ2v) is 8.45. The average molecular weight is 406 g/mol. The van der Waals surface area contributed by atoms with Crippen LogP contribution in [-0.4, -0.2) is 14.5 Å². The molecule has 4 nitrogen and oxygen atoms in total. The van der Waals surface area contributed by atoms with E-state index in [1.54, 1.807) is 4.57 Å². The van der Waals surface area contributed by atoms with Crippen LogP contribution in [0.5, 0.6) is 0 Å². The summed E-state index contributed by atoms with van der Waals surface area (Å²) in [6.07, 6.45) is 7.08. The molecule has 2 aromatic heterocycles.